The number of hydrogen-bond acceptors (Lipinski definition) is 3. The van der Waals surface area contributed by atoms with Gasteiger partial charge in [0.2, 0.25) is 0 Å². The summed E-state index contributed by atoms with van der Waals surface area (Å²) in [6.07, 6.45) is 0. The quantitative estimate of drug-likeness (QED) is 0.572. The summed E-state index contributed by atoms with van der Waals surface area (Å²) in [5, 5.41) is 0.366. The summed E-state index contributed by atoms with van der Waals surface area (Å²) in [7, 11) is -3.07. The third kappa shape index (κ3) is 5.02. The Hall–Kier alpha value is 0.410. The van der Waals surface area contributed by atoms with Gasteiger partial charge in [0.1, 0.15) is 12.4 Å². The molecule has 1 rings (SSSR count). The molecule has 0 atom stereocenters. The largest absolute Gasteiger partial charge is 0.490 e. The zero-order valence-corrected chi connectivity index (χ0v) is 16.2. The Morgan fingerprint density at radius 1 is 1.21 bits per heavy atom. The van der Waals surface area contributed by atoms with E-state index in [2.05, 4.69) is 47.8 Å². The molecule has 7 heteroatoms. The number of rotatable bonds is 6. The summed E-state index contributed by atoms with van der Waals surface area (Å²) >= 11 is 10.2. The molecular formula is C12H15Br3O3S. The van der Waals surface area contributed by atoms with Gasteiger partial charge in [-0.15, -0.1) is 0 Å². The second-order valence-corrected chi connectivity index (χ2v) is 9.23. The van der Waals surface area contributed by atoms with Crippen molar-refractivity contribution in [2.75, 3.05) is 12.4 Å². The van der Waals surface area contributed by atoms with Gasteiger partial charge in [0, 0.05) is 5.33 Å². The second-order valence-electron chi connectivity index (χ2n) is 4.29. The molecule has 0 radical (unpaired) electrons. The average molecular weight is 479 g/mol. The van der Waals surface area contributed by atoms with Gasteiger partial charge in [0.15, 0.2) is 9.84 Å². The van der Waals surface area contributed by atoms with E-state index in [0.717, 1.165) is 19.8 Å². The maximum Gasteiger partial charge on any atom is 0.155 e. The topological polar surface area (TPSA) is 43.4 Å². The van der Waals surface area contributed by atoms with Crippen LogP contribution in [0.3, 0.4) is 0 Å². The highest BCUT2D eigenvalue weighted by atomic mass is 79.9. The predicted octanol–water partition coefficient (Wildman–Crippen LogP) is 4.31. The van der Waals surface area contributed by atoms with E-state index >= 15 is 0 Å². The molecule has 0 spiro atoms. The van der Waals surface area contributed by atoms with Gasteiger partial charge in [-0.1, -0.05) is 15.9 Å². The lowest BCUT2D eigenvalue weighted by Gasteiger charge is -2.13. The molecule has 3 nitrogen and oxygen atoms in total. The predicted molar refractivity (Wildman–Crippen MR) is 88.9 cm³/mol. The first-order chi connectivity index (χ1) is 8.77. The molecule has 108 valence electrons. The van der Waals surface area contributed by atoms with Crippen molar-refractivity contribution in [2.24, 2.45) is 0 Å². The summed E-state index contributed by atoms with van der Waals surface area (Å²) in [5.41, 5.74) is 1.10. The Balaban J connectivity index is 2.74. The van der Waals surface area contributed by atoms with Crippen LogP contribution in [0.15, 0.2) is 21.1 Å². The van der Waals surface area contributed by atoms with Crippen LogP contribution in [0.1, 0.15) is 19.4 Å². The molecule has 1 aromatic carbocycles. The molecule has 0 unspecified atom stereocenters. The minimum absolute atomic E-state index is 0.0176. The van der Waals surface area contributed by atoms with Gasteiger partial charge in [0.05, 0.1) is 19.9 Å². The molecular weight excluding hydrogens is 464 g/mol. The van der Waals surface area contributed by atoms with Crippen molar-refractivity contribution in [1.29, 1.82) is 0 Å². The average Bonchev–Trinajstić information content (AvgIpc) is 2.32. The normalized spacial score (nSPS) is 11.9. The Morgan fingerprint density at radius 3 is 2.16 bits per heavy atom. The molecule has 0 N–H and O–H groups in total. The van der Waals surface area contributed by atoms with Crippen LogP contribution in [0.5, 0.6) is 5.75 Å². The smallest absolute Gasteiger partial charge is 0.155 e. The number of halogens is 3. The first-order valence-corrected chi connectivity index (χ1v) is 10.1. The summed E-state index contributed by atoms with van der Waals surface area (Å²) in [5.74, 6) is 0.646. The minimum Gasteiger partial charge on any atom is -0.490 e. The molecule has 0 aromatic heterocycles. The van der Waals surface area contributed by atoms with Gasteiger partial charge >= 0.3 is 0 Å². The van der Waals surface area contributed by atoms with Gasteiger partial charge in [0.25, 0.3) is 0 Å². The maximum absolute atomic E-state index is 11.7. The Bertz CT molecular complexity index is 518. The van der Waals surface area contributed by atoms with Crippen LogP contribution in [0.25, 0.3) is 0 Å². The molecule has 0 saturated carbocycles. The van der Waals surface area contributed by atoms with Gasteiger partial charge in [-0.2, -0.15) is 0 Å². The molecule has 1 aromatic rings. The Labute approximate surface area is 139 Å². The summed E-state index contributed by atoms with van der Waals surface area (Å²) in [6.45, 7) is 3.49. The maximum atomic E-state index is 11.7. The van der Waals surface area contributed by atoms with Crippen LogP contribution in [-0.2, 0) is 15.2 Å². The SMILES string of the molecule is CC(C)S(=O)(=O)CCOc1c(Br)cc(CBr)cc1Br. The van der Waals surface area contributed by atoms with Crippen LogP contribution in [0.4, 0.5) is 0 Å². The van der Waals surface area contributed by atoms with Crippen molar-refractivity contribution < 1.29 is 13.2 Å². The van der Waals surface area contributed by atoms with Crippen molar-refractivity contribution >= 4 is 57.6 Å². The molecule has 0 saturated heterocycles. The van der Waals surface area contributed by atoms with E-state index in [0.29, 0.717) is 5.75 Å². The highest BCUT2D eigenvalue weighted by Gasteiger charge is 2.17. The van der Waals surface area contributed by atoms with E-state index in [1.165, 1.54) is 0 Å². The first kappa shape index (κ1) is 17.5. The molecule has 0 amide bonds. The Morgan fingerprint density at radius 2 is 1.74 bits per heavy atom. The third-order valence-electron chi connectivity index (χ3n) is 2.54. The lowest BCUT2D eigenvalue weighted by molar-refractivity contribution is 0.336. The zero-order chi connectivity index (χ0) is 14.6. The van der Waals surface area contributed by atoms with Crippen molar-refractivity contribution in [2.45, 2.75) is 24.4 Å². The summed E-state index contributed by atoms with van der Waals surface area (Å²) < 4.78 is 30.5. The molecule has 19 heavy (non-hydrogen) atoms. The van der Waals surface area contributed by atoms with Gasteiger partial charge < -0.3 is 4.74 Å². The van der Waals surface area contributed by atoms with Crippen molar-refractivity contribution in [3.8, 4) is 5.75 Å². The van der Waals surface area contributed by atoms with Crippen molar-refractivity contribution in [3.63, 3.8) is 0 Å². The highest BCUT2D eigenvalue weighted by molar-refractivity contribution is 9.11. The number of alkyl halides is 1. The van der Waals surface area contributed by atoms with Crippen LogP contribution in [0.2, 0.25) is 0 Å². The summed E-state index contributed by atoms with van der Waals surface area (Å²) in [6, 6.07) is 3.87. The standard InChI is InChI=1S/C12H15Br3O3S/c1-8(2)19(16,17)4-3-18-12-10(14)5-9(7-13)6-11(12)15/h5-6,8H,3-4,7H2,1-2H3. The van der Waals surface area contributed by atoms with Crippen LogP contribution in [0, 0.1) is 0 Å². The molecule has 0 fully saturated rings. The number of ether oxygens (including phenoxy) is 1. The highest BCUT2D eigenvalue weighted by Crippen LogP contribution is 2.35. The fourth-order valence-corrected chi connectivity index (χ4v) is 3.94. The molecule has 0 aliphatic heterocycles. The zero-order valence-electron chi connectivity index (χ0n) is 10.6. The fourth-order valence-electron chi connectivity index (χ4n) is 1.32. The fraction of sp³-hybridized carbons (Fsp3) is 0.500. The van der Waals surface area contributed by atoms with Crippen LogP contribution in [-0.4, -0.2) is 26.0 Å². The van der Waals surface area contributed by atoms with Crippen molar-refractivity contribution in [1.82, 2.24) is 0 Å². The molecule has 0 aliphatic rings. The molecule has 0 heterocycles. The number of sulfone groups is 1. The monoisotopic (exact) mass is 476 g/mol. The van der Waals surface area contributed by atoms with E-state index in [-0.39, 0.29) is 17.6 Å². The van der Waals surface area contributed by atoms with Gasteiger partial charge in [-0.25, -0.2) is 8.42 Å². The van der Waals surface area contributed by atoms with Crippen molar-refractivity contribution in [3.05, 3.63) is 26.6 Å². The van der Waals surface area contributed by atoms with E-state index < -0.39 is 9.84 Å². The number of hydrogen-bond donors (Lipinski definition) is 0. The Kier molecular flexibility index (Phi) is 6.83. The molecule has 0 aliphatic carbocycles. The third-order valence-corrected chi connectivity index (χ3v) is 6.54. The van der Waals surface area contributed by atoms with E-state index in [1.807, 2.05) is 12.1 Å². The minimum atomic E-state index is -3.07. The first-order valence-electron chi connectivity index (χ1n) is 5.66. The van der Waals surface area contributed by atoms with E-state index in [9.17, 15) is 8.42 Å². The van der Waals surface area contributed by atoms with Crippen LogP contribution < -0.4 is 4.74 Å². The molecule has 0 bridgehead atoms. The lowest BCUT2D eigenvalue weighted by Crippen LogP contribution is -2.22. The van der Waals surface area contributed by atoms with E-state index in [4.69, 9.17) is 4.74 Å². The summed E-state index contributed by atoms with van der Waals surface area (Å²) in [4.78, 5) is 0. The number of benzene rings is 1. The second kappa shape index (κ2) is 7.43. The van der Waals surface area contributed by atoms with Gasteiger partial charge in [-0.05, 0) is 63.4 Å². The van der Waals surface area contributed by atoms with Crippen LogP contribution >= 0.6 is 47.8 Å². The van der Waals surface area contributed by atoms with Gasteiger partial charge in [-0.3, -0.25) is 0 Å². The van der Waals surface area contributed by atoms with E-state index in [1.54, 1.807) is 13.8 Å². The lowest BCUT2D eigenvalue weighted by atomic mass is 10.2.